The summed E-state index contributed by atoms with van der Waals surface area (Å²) in [6.07, 6.45) is 6.15. The molecule has 1 aliphatic carbocycles. The molecule has 1 heterocycles. The minimum Gasteiger partial charge on any atom is -0.195 e. The average Bonchev–Trinajstić information content (AvgIpc) is 2.52. The molecule has 2 heteroatoms. The van der Waals surface area contributed by atoms with Gasteiger partial charge in [-0.1, -0.05) is 6.42 Å². The molecule has 2 nitrogen and oxygen atoms in total. The fourth-order valence-electron chi connectivity index (χ4n) is 1.32. The van der Waals surface area contributed by atoms with Crippen molar-refractivity contribution in [1.82, 2.24) is 0 Å². The van der Waals surface area contributed by atoms with Gasteiger partial charge in [-0.05, 0) is 12.8 Å². The van der Waals surface area contributed by atoms with E-state index < -0.39 is 0 Å². The summed E-state index contributed by atoms with van der Waals surface area (Å²) in [5.41, 5.74) is 0. The van der Waals surface area contributed by atoms with Crippen LogP contribution in [0.1, 0.15) is 32.1 Å². The third-order valence-corrected chi connectivity index (χ3v) is 1.93. The van der Waals surface area contributed by atoms with Gasteiger partial charge in [-0.3, -0.25) is 0 Å². The molecule has 0 N–H and O–H groups in total. The average molecular weight is 114 g/mol. The van der Waals surface area contributed by atoms with Crippen LogP contribution >= 0.6 is 0 Å². The van der Waals surface area contributed by atoms with Crippen LogP contribution in [0.25, 0.3) is 0 Å². The first kappa shape index (κ1) is 4.77. The van der Waals surface area contributed by atoms with E-state index in [0.29, 0.717) is 0 Å². The zero-order chi connectivity index (χ0) is 5.45. The monoisotopic (exact) mass is 114 g/mol. The molecule has 1 saturated heterocycles. The molecule has 0 aromatic heterocycles. The summed E-state index contributed by atoms with van der Waals surface area (Å²) in [6.45, 7) is 0. The van der Waals surface area contributed by atoms with Crippen molar-refractivity contribution < 1.29 is 9.78 Å². The van der Waals surface area contributed by atoms with E-state index in [1.165, 1.54) is 19.3 Å². The number of rotatable bonds is 0. The molecule has 1 spiro atoms. The smallest absolute Gasteiger partial charge is 0.195 e. The predicted molar refractivity (Wildman–Crippen MR) is 28.0 cm³/mol. The zero-order valence-electron chi connectivity index (χ0n) is 4.85. The van der Waals surface area contributed by atoms with Gasteiger partial charge in [0, 0.05) is 12.8 Å². The maximum Gasteiger partial charge on any atom is 0.234 e. The van der Waals surface area contributed by atoms with Gasteiger partial charge in [0.2, 0.25) is 5.79 Å². The van der Waals surface area contributed by atoms with Gasteiger partial charge in [0.1, 0.15) is 0 Å². The van der Waals surface area contributed by atoms with Crippen molar-refractivity contribution in [3.05, 3.63) is 0 Å². The Kier molecular flexibility index (Phi) is 0.866. The van der Waals surface area contributed by atoms with E-state index in [1.54, 1.807) is 0 Å². The Balaban J connectivity index is 1.95. The van der Waals surface area contributed by atoms with Crippen LogP contribution in [-0.2, 0) is 9.78 Å². The van der Waals surface area contributed by atoms with Crippen LogP contribution < -0.4 is 0 Å². The summed E-state index contributed by atoms with van der Waals surface area (Å²) < 4.78 is 0. The first-order chi connectivity index (χ1) is 3.91. The van der Waals surface area contributed by atoms with E-state index in [0.717, 1.165) is 12.8 Å². The third kappa shape index (κ3) is 0.644. The first-order valence-electron chi connectivity index (χ1n) is 3.28. The second-order valence-corrected chi connectivity index (χ2v) is 2.64. The summed E-state index contributed by atoms with van der Waals surface area (Å²) in [4.78, 5) is 9.67. The zero-order valence-corrected chi connectivity index (χ0v) is 4.85. The van der Waals surface area contributed by atoms with Gasteiger partial charge in [-0.25, -0.2) is 0 Å². The van der Waals surface area contributed by atoms with Crippen LogP contribution in [0.3, 0.4) is 0 Å². The van der Waals surface area contributed by atoms with Crippen molar-refractivity contribution in [3.63, 3.8) is 0 Å². The van der Waals surface area contributed by atoms with E-state index in [1.807, 2.05) is 0 Å². The Bertz CT molecular complexity index is 88.7. The molecule has 0 amide bonds. The summed E-state index contributed by atoms with van der Waals surface area (Å²) in [7, 11) is 0. The summed E-state index contributed by atoms with van der Waals surface area (Å²) >= 11 is 0. The highest BCUT2D eigenvalue weighted by Crippen LogP contribution is 2.42. The first-order valence-corrected chi connectivity index (χ1v) is 3.28. The summed E-state index contributed by atoms with van der Waals surface area (Å²) in [5.74, 6) is -0.0712. The van der Waals surface area contributed by atoms with Crippen LogP contribution in [-0.4, -0.2) is 5.79 Å². The molecule has 1 saturated carbocycles. The van der Waals surface area contributed by atoms with E-state index in [9.17, 15) is 0 Å². The normalized spacial score (nSPS) is 33.0. The van der Waals surface area contributed by atoms with Crippen LogP contribution in [0.2, 0.25) is 0 Å². The molecular weight excluding hydrogens is 104 g/mol. The van der Waals surface area contributed by atoms with Gasteiger partial charge in [0.15, 0.2) is 0 Å². The lowest BCUT2D eigenvalue weighted by atomic mass is 9.96. The number of hydrogen-bond donors (Lipinski definition) is 0. The topological polar surface area (TPSA) is 25.1 Å². The Morgan fingerprint density at radius 1 is 0.875 bits per heavy atom. The van der Waals surface area contributed by atoms with Crippen LogP contribution in [0, 0.1) is 0 Å². The minimum absolute atomic E-state index is 0.0712. The second kappa shape index (κ2) is 1.45. The lowest BCUT2D eigenvalue weighted by molar-refractivity contribution is 0.0850. The molecule has 0 bridgehead atoms. The van der Waals surface area contributed by atoms with Gasteiger partial charge in [0.05, 0.1) is 0 Å². The molecular formula is C6H10O2. The van der Waals surface area contributed by atoms with Crippen LogP contribution in [0.5, 0.6) is 0 Å². The van der Waals surface area contributed by atoms with E-state index >= 15 is 0 Å². The standard InChI is InChI=1S/C6H10O2/c1-2-4-6(5-3-1)7-8-6/h1-5H2. The molecule has 0 aromatic carbocycles. The Morgan fingerprint density at radius 2 is 1.50 bits per heavy atom. The molecule has 0 unspecified atom stereocenters. The van der Waals surface area contributed by atoms with Crippen molar-refractivity contribution in [2.24, 2.45) is 0 Å². The Morgan fingerprint density at radius 3 is 1.88 bits per heavy atom. The highest BCUT2D eigenvalue weighted by molar-refractivity contribution is 4.77. The number of hydrogen-bond acceptors (Lipinski definition) is 2. The second-order valence-electron chi connectivity index (χ2n) is 2.64. The predicted octanol–water partition coefficient (Wildman–Crippen LogP) is 1.61. The summed E-state index contributed by atoms with van der Waals surface area (Å²) in [5, 5.41) is 0. The maximum atomic E-state index is 4.84. The van der Waals surface area contributed by atoms with Gasteiger partial charge in [-0.15, -0.1) is 0 Å². The maximum absolute atomic E-state index is 4.84. The quantitative estimate of drug-likeness (QED) is 0.353. The van der Waals surface area contributed by atoms with Gasteiger partial charge < -0.3 is 0 Å². The molecule has 2 fully saturated rings. The Labute approximate surface area is 48.7 Å². The van der Waals surface area contributed by atoms with Crippen molar-refractivity contribution >= 4 is 0 Å². The molecule has 2 rings (SSSR count). The third-order valence-electron chi connectivity index (χ3n) is 1.93. The highest BCUT2D eigenvalue weighted by Gasteiger charge is 2.48. The lowest BCUT2D eigenvalue weighted by Crippen LogP contribution is -2.13. The van der Waals surface area contributed by atoms with Crippen molar-refractivity contribution in [2.45, 2.75) is 37.9 Å². The molecule has 1 aliphatic heterocycles. The van der Waals surface area contributed by atoms with E-state index in [2.05, 4.69) is 0 Å². The molecule has 0 radical (unpaired) electrons. The van der Waals surface area contributed by atoms with E-state index in [4.69, 9.17) is 9.78 Å². The van der Waals surface area contributed by atoms with Crippen LogP contribution in [0.15, 0.2) is 0 Å². The minimum atomic E-state index is -0.0712. The fourth-order valence-corrected chi connectivity index (χ4v) is 1.32. The molecule has 46 valence electrons. The van der Waals surface area contributed by atoms with Crippen molar-refractivity contribution in [1.29, 1.82) is 0 Å². The summed E-state index contributed by atoms with van der Waals surface area (Å²) in [6, 6.07) is 0. The van der Waals surface area contributed by atoms with E-state index in [-0.39, 0.29) is 5.79 Å². The van der Waals surface area contributed by atoms with Crippen molar-refractivity contribution in [2.75, 3.05) is 0 Å². The molecule has 0 atom stereocenters. The fraction of sp³-hybridized carbons (Fsp3) is 1.00. The van der Waals surface area contributed by atoms with Crippen molar-refractivity contribution in [3.8, 4) is 0 Å². The molecule has 2 aliphatic rings. The molecule has 8 heavy (non-hydrogen) atoms. The lowest BCUT2D eigenvalue weighted by Gasteiger charge is -2.11. The Hall–Kier alpha value is -0.0800. The van der Waals surface area contributed by atoms with Gasteiger partial charge in [0.25, 0.3) is 0 Å². The highest BCUT2D eigenvalue weighted by atomic mass is 17.4. The van der Waals surface area contributed by atoms with Crippen LogP contribution in [0.4, 0.5) is 0 Å². The van der Waals surface area contributed by atoms with Gasteiger partial charge >= 0.3 is 0 Å². The molecule has 0 aromatic rings. The van der Waals surface area contributed by atoms with Gasteiger partial charge in [-0.2, -0.15) is 9.78 Å². The largest absolute Gasteiger partial charge is 0.234 e. The SMILES string of the molecule is C1CCC2(CC1)OO2.